The first-order valence-corrected chi connectivity index (χ1v) is 9.35. The highest BCUT2D eigenvalue weighted by atomic mass is 16.1. The van der Waals surface area contributed by atoms with Crippen LogP contribution in [0.1, 0.15) is 65.2 Å². The quantitative estimate of drug-likeness (QED) is 0.681. The van der Waals surface area contributed by atoms with Gasteiger partial charge in [0, 0.05) is 24.7 Å². The highest BCUT2D eigenvalue weighted by Crippen LogP contribution is 2.66. The van der Waals surface area contributed by atoms with Gasteiger partial charge in [-0.1, -0.05) is 13.8 Å². The van der Waals surface area contributed by atoms with Crippen molar-refractivity contribution in [1.82, 2.24) is 0 Å². The van der Waals surface area contributed by atoms with Crippen molar-refractivity contribution in [2.24, 2.45) is 40.4 Å². The number of nitriles is 1. The van der Waals surface area contributed by atoms with Crippen molar-refractivity contribution >= 4 is 11.6 Å². The summed E-state index contributed by atoms with van der Waals surface area (Å²) in [5, 5.41) is 9.82. The Labute approximate surface area is 138 Å². The largest absolute Gasteiger partial charge is 0.300 e. The van der Waals surface area contributed by atoms with Gasteiger partial charge in [0.25, 0.3) is 0 Å². The van der Waals surface area contributed by atoms with Gasteiger partial charge in [0.1, 0.15) is 11.6 Å². The Morgan fingerprint density at radius 3 is 2.61 bits per heavy atom. The molecule has 6 unspecified atom stereocenters. The molecule has 0 radical (unpaired) electrons. The molecule has 4 fully saturated rings. The van der Waals surface area contributed by atoms with E-state index in [0.29, 0.717) is 54.5 Å². The molecular formula is C20H27NO2. The second-order valence-electron chi connectivity index (χ2n) is 9.13. The Kier molecular flexibility index (Phi) is 3.28. The van der Waals surface area contributed by atoms with Gasteiger partial charge in [0.15, 0.2) is 0 Å². The molecule has 4 aliphatic rings. The van der Waals surface area contributed by atoms with Gasteiger partial charge in [0.2, 0.25) is 0 Å². The number of carbonyl (C=O) groups excluding carboxylic acids is 2. The van der Waals surface area contributed by atoms with Gasteiger partial charge in [-0.3, -0.25) is 9.59 Å². The minimum atomic E-state index is -0.177. The summed E-state index contributed by atoms with van der Waals surface area (Å²) in [6, 6.07) is 2.59. The van der Waals surface area contributed by atoms with E-state index in [0.717, 1.165) is 32.1 Å². The molecule has 0 saturated heterocycles. The average Bonchev–Trinajstić information content (AvgIpc) is 2.83. The smallest absolute Gasteiger partial charge is 0.139 e. The molecule has 0 aromatic carbocycles. The maximum absolute atomic E-state index is 12.5. The summed E-state index contributed by atoms with van der Waals surface area (Å²) in [6.07, 6.45) is 7.02. The molecule has 0 N–H and O–H groups in total. The van der Waals surface area contributed by atoms with Crippen LogP contribution in [-0.2, 0) is 9.59 Å². The lowest BCUT2D eigenvalue weighted by Crippen LogP contribution is -2.56. The van der Waals surface area contributed by atoms with E-state index in [2.05, 4.69) is 19.9 Å². The third-order valence-corrected chi connectivity index (χ3v) is 8.41. The SMILES string of the molecule is CC12CCC3C(C1CCC2=O)[C@H](C#N)CC1CC(=O)CCC13C. The molecule has 0 spiro atoms. The maximum atomic E-state index is 12.5. The topological polar surface area (TPSA) is 57.9 Å². The number of nitrogens with zero attached hydrogens (tertiary/aromatic N) is 1. The number of hydrogen-bond donors (Lipinski definition) is 0. The van der Waals surface area contributed by atoms with Crippen LogP contribution in [-0.4, -0.2) is 11.6 Å². The molecule has 3 heteroatoms. The van der Waals surface area contributed by atoms with E-state index in [9.17, 15) is 14.9 Å². The first kappa shape index (κ1) is 15.4. The third kappa shape index (κ3) is 1.93. The van der Waals surface area contributed by atoms with E-state index in [1.807, 2.05) is 0 Å². The number of ketones is 2. The number of Topliss-reactive ketones (excluding diaryl/α,β-unsaturated/α-hetero) is 2. The van der Waals surface area contributed by atoms with E-state index in [4.69, 9.17) is 0 Å². The standard InChI is InChI=1S/C20H27NO2/c1-19-7-5-14(22)10-13(19)9-12(11-21)18-15-3-4-17(23)20(15,2)8-6-16(18)19/h12-13,15-16,18H,3-10H2,1-2H3/t12-,13?,15?,16?,18?,19?,20?/m0/s1. The van der Waals surface area contributed by atoms with Crippen LogP contribution in [0.5, 0.6) is 0 Å². The summed E-state index contributed by atoms with van der Waals surface area (Å²) >= 11 is 0. The van der Waals surface area contributed by atoms with Crippen LogP contribution in [0.2, 0.25) is 0 Å². The summed E-state index contributed by atoms with van der Waals surface area (Å²) < 4.78 is 0. The monoisotopic (exact) mass is 313 g/mol. The van der Waals surface area contributed by atoms with Crippen LogP contribution >= 0.6 is 0 Å². The Morgan fingerprint density at radius 2 is 1.87 bits per heavy atom. The normalized spacial score (nSPS) is 52.3. The van der Waals surface area contributed by atoms with Crippen LogP contribution in [0.15, 0.2) is 0 Å². The van der Waals surface area contributed by atoms with Gasteiger partial charge in [0.05, 0.1) is 12.0 Å². The fourth-order valence-corrected chi connectivity index (χ4v) is 6.96. The maximum Gasteiger partial charge on any atom is 0.139 e. The zero-order valence-corrected chi connectivity index (χ0v) is 14.3. The van der Waals surface area contributed by atoms with Crippen LogP contribution in [0.25, 0.3) is 0 Å². The molecule has 3 nitrogen and oxygen atoms in total. The van der Waals surface area contributed by atoms with E-state index in [-0.39, 0.29) is 16.7 Å². The van der Waals surface area contributed by atoms with Gasteiger partial charge in [-0.05, 0) is 61.2 Å². The van der Waals surface area contributed by atoms with E-state index in [1.165, 1.54) is 0 Å². The predicted molar refractivity (Wildman–Crippen MR) is 86.2 cm³/mol. The van der Waals surface area contributed by atoms with Gasteiger partial charge in [-0.25, -0.2) is 0 Å². The highest BCUT2D eigenvalue weighted by Gasteiger charge is 2.62. The molecular weight excluding hydrogens is 286 g/mol. The third-order valence-electron chi connectivity index (χ3n) is 8.41. The van der Waals surface area contributed by atoms with Crippen molar-refractivity contribution in [2.45, 2.75) is 65.2 Å². The minimum absolute atomic E-state index is 0.0412. The van der Waals surface area contributed by atoms with Crippen molar-refractivity contribution in [3.05, 3.63) is 0 Å². The number of fused-ring (bicyclic) bond motifs is 5. The predicted octanol–water partition coefficient (Wildman–Crippen LogP) is 3.92. The summed E-state index contributed by atoms with van der Waals surface area (Å²) in [4.78, 5) is 24.4. The van der Waals surface area contributed by atoms with E-state index < -0.39 is 0 Å². The first-order valence-electron chi connectivity index (χ1n) is 9.35. The van der Waals surface area contributed by atoms with E-state index >= 15 is 0 Å². The van der Waals surface area contributed by atoms with Gasteiger partial charge < -0.3 is 0 Å². The van der Waals surface area contributed by atoms with Crippen molar-refractivity contribution in [3.63, 3.8) is 0 Å². The molecule has 124 valence electrons. The van der Waals surface area contributed by atoms with E-state index in [1.54, 1.807) is 0 Å². The molecule has 7 atom stereocenters. The molecule has 0 aromatic heterocycles. The molecule has 0 bridgehead atoms. The molecule has 0 amide bonds. The summed E-state index contributed by atoms with van der Waals surface area (Å²) in [5.41, 5.74) is 0.0306. The van der Waals surface area contributed by atoms with Gasteiger partial charge >= 0.3 is 0 Å². The second-order valence-corrected chi connectivity index (χ2v) is 9.13. The zero-order chi connectivity index (χ0) is 16.4. The molecule has 0 aliphatic heterocycles. The molecule has 23 heavy (non-hydrogen) atoms. The Balaban J connectivity index is 1.74. The number of carbonyl (C=O) groups is 2. The fourth-order valence-electron chi connectivity index (χ4n) is 6.96. The van der Waals surface area contributed by atoms with Gasteiger partial charge in [-0.15, -0.1) is 0 Å². The van der Waals surface area contributed by atoms with Crippen molar-refractivity contribution < 1.29 is 9.59 Å². The van der Waals surface area contributed by atoms with Crippen LogP contribution in [0.4, 0.5) is 0 Å². The second kappa shape index (κ2) is 4.91. The zero-order valence-electron chi connectivity index (χ0n) is 14.3. The Bertz CT molecular complexity index is 605. The van der Waals surface area contributed by atoms with Crippen molar-refractivity contribution in [1.29, 1.82) is 5.26 Å². The van der Waals surface area contributed by atoms with Crippen LogP contribution in [0.3, 0.4) is 0 Å². The van der Waals surface area contributed by atoms with Crippen molar-refractivity contribution in [2.75, 3.05) is 0 Å². The fraction of sp³-hybridized carbons (Fsp3) is 0.850. The van der Waals surface area contributed by atoms with Crippen molar-refractivity contribution in [3.8, 4) is 6.07 Å². The number of rotatable bonds is 0. The summed E-state index contributed by atoms with van der Waals surface area (Å²) in [5.74, 6) is 2.55. The first-order chi connectivity index (χ1) is 10.9. The Hall–Kier alpha value is -1.17. The lowest BCUT2D eigenvalue weighted by atomic mass is 9.43. The molecule has 4 rings (SSSR count). The number of hydrogen-bond acceptors (Lipinski definition) is 3. The molecule has 4 aliphatic carbocycles. The summed E-state index contributed by atoms with van der Waals surface area (Å²) in [6.45, 7) is 4.55. The van der Waals surface area contributed by atoms with Gasteiger partial charge in [-0.2, -0.15) is 5.26 Å². The molecule has 0 aromatic rings. The highest BCUT2D eigenvalue weighted by molar-refractivity contribution is 5.87. The van der Waals surface area contributed by atoms with Crippen LogP contribution < -0.4 is 0 Å². The lowest BCUT2D eigenvalue weighted by Gasteiger charge is -2.60. The average molecular weight is 313 g/mol. The molecule has 4 saturated carbocycles. The molecule has 0 heterocycles. The lowest BCUT2D eigenvalue weighted by molar-refractivity contribution is -0.149. The summed E-state index contributed by atoms with van der Waals surface area (Å²) in [7, 11) is 0. The Morgan fingerprint density at radius 1 is 1.09 bits per heavy atom. The van der Waals surface area contributed by atoms with Crippen LogP contribution in [0, 0.1) is 51.8 Å². The minimum Gasteiger partial charge on any atom is -0.300 e.